The maximum Gasteiger partial charge on any atom is 0.276 e. The summed E-state index contributed by atoms with van der Waals surface area (Å²) in [6, 6.07) is 21.9. The zero-order valence-corrected chi connectivity index (χ0v) is 18.3. The van der Waals surface area contributed by atoms with Gasteiger partial charge in [-0.2, -0.15) is 0 Å². The summed E-state index contributed by atoms with van der Waals surface area (Å²) >= 11 is 6.63. The maximum atomic E-state index is 13.1. The summed E-state index contributed by atoms with van der Waals surface area (Å²) in [4.78, 5) is 19.0. The number of thioether (sulfide) groups is 1. The Morgan fingerprint density at radius 3 is 2.66 bits per heavy atom. The molecule has 0 radical (unpaired) electrons. The highest BCUT2D eigenvalue weighted by molar-refractivity contribution is 9.11. The number of amides is 1. The molecule has 8 heteroatoms. The molecule has 3 heterocycles. The molecule has 2 aromatic carbocycles. The van der Waals surface area contributed by atoms with Crippen LogP contribution < -0.4 is 15.9 Å². The van der Waals surface area contributed by atoms with Gasteiger partial charge in [-0.3, -0.25) is 15.1 Å². The number of hydrogen-bond donors (Lipinski definition) is 1. The fourth-order valence-corrected chi connectivity index (χ4v) is 5.53. The first-order valence-corrected chi connectivity index (χ1v) is 11.6. The van der Waals surface area contributed by atoms with Crippen molar-refractivity contribution in [3.8, 4) is 0 Å². The van der Waals surface area contributed by atoms with E-state index in [0.29, 0.717) is 10.9 Å². The van der Waals surface area contributed by atoms with E-state index in [-0.39, 0.29) is 12.1 Å². The molecule has 1 amide bonds. The lowest BCUT2D eigenvalue weighted by molar-refractivity contribution is -0.116. The highest BCUT2D eigenvalue weighted by Crippen LogP contribution is 2.36. The zero-order chi connectivity index (χ0) is 19.8. The monoisotopic (exact) mass is 482 g/mol. The summed E-state index contributed by atoms with van der Waals surface area (Å²) in [6.07, 6.45) is -0.366. The summed E-state index contributed by atoms with van der Waals surface area (Å²) in [6.45, 7) is 0. The summed E-state index contributed by atoms with van der Waals surface area (Å²) < 4.78 is 1.02. The fourth-order valence-electron chi connectivity index (χ4n) is 3.27. The second-order valence-electron chi connectivity index (χ2n) is 6.49. The predicted molar refractivity (Wildman–Crippen MR) is 121 cm³/mol. The molecule has 5 nitrogen and oxygen atoms in total. The molecule has 0 spiro atoms. The van der Waals surface area contributed by atoms with E-state index in [1.165, 1.54) is 17.3 Å². The Kier molecular flexibility index (Phi) is 4.99. The van der Waals surface area contributed by atoms with E-state index in [9.17, 15) is 4.79 Å². The number of nitrogens with zero attached hydrogens (tertiary/aromatic N) is 3. The van der Waals surface area contributed by atoms with Crippen LogP contribution in [0.2, 0.25) is 0 Å². The van der Waals surface area contributed by atoms with Gasteiger partial charge in [0.25, 0.3) is 5.91 Å². The summed E-state index contributed by atoms with van der Waals surface area (Å²) in [5.41, 5.74) is 1.71. The van der Waals surface area contributed by atoms with Gasteiger partial charge in [-0.1, -0.05) is 60.3 Å². The number of benzene rings is 2. The van der Waals surface area contributed by atoms with Gasteiger partial charge in [0.1, 0.15) is 5.70 Å². The lowest BCUT2D eigenvalue weighted by Gasteiger charge is -2.33. The molecule has 3 aromatic rings. The smallest absolute Gasteiger partial charge is 0.276 e. The average molecular weight is 483 g/mol. The van der Waals surface area contributed by atoms with Crippen LogP contribution in [0, 0.1) is 0 Å². The Bertz CT molecular complexity index is 1240. The number of hydrazone groups is 1. The molecule has 0 saturated carbocycles. The number of amidine groups is 1. The van der Waals surface area contributed by atoms with Gasteiger partial charge in [0, 0.05) is 11.0 Å². The van der Waals surface area contributed by atoms with E-state index < -0.39 is 0 Å². The number of rotatable bonds is 3. The number of carbonyl (C=O) groups is 1. The number of carbonyl (C=O) groups excluding carboxylic acids is 1. The molecule has 1 aromatic heterocycles. The Hall–Kier alpha value is -2.42. The van der Waals surface area contributed by atoms with E-state index in [1.807, 2.05) is 54.6 Å². The minimum atomic E-state index is -0.366. The van der Waals surface area contributed by atoms with Crippen LogP contribution in [0.15, 0.2) is 80.6 Å². The number of fused-ring (bicyclic) bond motifs is 2. The fraction of sp³-hybridized carbons (Fsp3) is 0.0952. The summed E-state index contributed by atoms with van der Waals surface area (Å²) in [7, 11) is 0. The van der Waals surface area contributed by atoms with E-state index in [1.54, 1.807) is 16.3 Å². The molecular formula is C21H15BrN4OS2. The Balaban J connectivity index is 1.57. The first-order valence-electron chi connectivity index (χ1n) is 8.97. The third kappa shape index (κ3) is 3.63. The van der Waals surface area contributed by atoms with E-state index >= 15 is 0 Å². The van der Waals surface area contributed by atoms with E-state index in [0.717, 1.165) is 25.0 Å². The van der Waals surface area contributed by atoms with Crippen molar-refractivity contribution in [2.45, 2.75) is 11.9 Å². The highest BCUT2D eigenvalue weighted by atomic mass is 79.9. The number of para-hydroxylation sites is 1. The van der Waals surface area contributed by atoms with Crippen LogP contribution in [-0.4, -0.2) is 16.1 Å². The molecule has 2 aliphatic heterocycles. The molecule has 0 aliphatic carbocycles. The van der Waals surface area contributed by atoms with E-state index in [4.69, 9.17) is 10.1 Å². The molecule has 0 bridgehead atoms. The van der Waals surface area contributed by atoms with Crippen molar-refractivity contribution in [1.29, 1.82) is 0 Å². The SMILES string of the molecule is O=C1NC(SCc2ccccc2)=NN2C1=c1ccccc1=N[C@@H]2c1ccc(Br)s1. The van der Waals surface area contributed by atoms with Gasteiger partial charge in [0.2, 0.25) is 0 Å². The molecule has 0 fully saturated rings. The van der Waals surface area contributed by atoms with Crippen LogP contribution in [0.4, 0.5) is 0 Å². The van der Waals surface area contributed by atoms with Gasteiger partial charge in [0.05, 0.1) is 14.0 Å². The van der Waals surface area contributed by atoms with Gasteiger partial charge in [0.15, 0.2) is 11.3 Å². The van der Waals surface area contributed by atoms with Crippen LogP contribution in [0.1, 0.15) is 16.6 Å². The van der Waals surface area contributed by atoms with Crippen LogP contribution in [0.25, 0.3) is 5.70 Å². The van der Waals surface area contributed by atoms with Crippen LogP contribution in [0.5, 0.6) is 0 Å². The maximum absolute atomic E-state index is 13.1. The van der Waals surface area contributed by atoms with Crippen LogP contribution in [-0.2, 0) is 10.5 Å². The minimum absolute atomic E-state index is 0.154. The molecule has 0 saturated heterocycles. The third-order valence-corrected chi connectivity index (χ3v) is 7.18. The Morgan fingerprint density at radius 1 is 1.07 bits per heavy atom. The second kappa shape index (κ2) is 7.78. The van der Waals surface area contributed by atoms with Crippen molar-refractivity contribution in [2.24, 2.45) is 10.1 Å². The predicted octanol–water partition coefficient (Wildman–Crippen LogP) is 3.59. The van der Waals surface area contributed by atoms with Crippen molar-refractivity contribution in [3.63, 3.8) is 0 Å². The number of thiophene rings is 1. The normalized spacial score (nSPS) is 17.8. The van der Waals surface area contributed by atoms with Crippen molar-refractivity contribution in [3.05, 3.63) is 91.5 Å². The van der Waals surface area contributed by atoms with Crippen LogP contribution >= 0.6 is 39.0 Å². The minimum Gasteiger partial charge on any atom is -0.298 e. The number of nitrogens with one attached hydrogen (secondary N) is 1. The zero-order valence-electron chi connectivity index (χ0n) is 15.1. The lowest BCUT2D eigenvalue weighted by atomic mass is 10.1. The highest BCUT2D eigenvalue weighted by Gasteiger charge is 2.35. The molecule has 2 aliphatic rings. The van der Waals surface area contributed by atoms with Gasteiger partial charge in [-0.05, 0) is 39.7 Å². The Morgan fingerprint density at radius 2 is 1.86 bits per heavy atom. The molecule has 5 rings (SSSR count). The molecule has 144 valence electrons. The molecule has 0 unspecified atom stereocenters. The summed E-state index contributed by atoms with van der Waals surface area (Å²) in [5.74, 6) is 0.574. The molecule has 1 N–H and O–H groups in total. The Labute approximate surface area is 184 Å². The second-order valence-corrected chi connectivity index (χ2v) is 9.95. The van der Waals surface area contributed by atoms with Crippen molar-refractivity contribution < 1.29 is 4.79 Å². The van der Waals surface area contributed by atoms with Gasteiger partial charge < -0.3 is 0 Å². The number of hydrogen-bond acceptors (Lipinski definition) is 6. The molecule has 1 atom stereocenters. The van der Waals surface area contributed by atoms with Crippen molar-refractivity contribution in [1.82, 2.24) is 10.3 Å². The number of halogens is 1. The molecular weight excluding hydrogens is 468 g/mol. The first-order chi connectivity index (χ1) is 14.2. The van der Waals surface area contributed by atoms with Crippen LogP contribution in [0.3, 0.4) is 0 Å². The van der Waals surface area contributed by atoms with Crippen molar-refractivity contribution in [2.75, 3.05) is 0 Å². The quantitative estimate of drug-likeness (QED) is 0.620. The topological polar surface area (TPSA) is 57.1 Å². The standard InChI is InChI=1S/C21H15BrN4OS2/c22-17-11-10-16(29-17)19-23-15-9-5-4-8-14(15)18-20(27)24-21(25-26(18)19)28-12-13-6-2-1-3-7-13/h1-11,19H,12H2,(H,24,25,27)/t19-/m0/s1. The van der Waals surface area contributed by atoms with Crippen molar-refractivity contribution >= 4 is 55.8 Å². The molecule has 29 heavy (non-hydrogen) atoms. The first kappa shape index (κ1) is 18.6. The van der Waals surface area contributed by atoms with E-state index in [2.05, 4.69) is 33.4 Å². The van der Waals surface area contributed by atoms with Gasteiger partial charge in [-0.15, -0.1) is 16.4 Å². The summed E-state index contributed by atoms with van der Waals surface area (Å²) in [5, 5.41) is 11.7. The average Bonchev–Trinajstić information content (AvgIpc) is 3.18. The largest absolute Gasteiger partial charge is 0.298 e. The van der Waals surface area contributed by atoms with Gasteiger partial charge in [-0.25, -0.2) is 5.01 Å². The lowest BCUT2D eigenvalue weighted by Crippen LogP contribution is -2.50. The third-order valence-electron chi connectivity index (χ3n) is 4.58. The van der Waals surface area contributed by atoms with Gasteiger partial charge >= 0.3 is 0 Å².